The standard InChI is InChI=1S/C31H28BNO/c1-18(2)19-12-15-26-24(16-19)23-10-6-9-22-21-8-7-11-27-29(21)32(33(26)30(22)23)25-14-13-20(31(3,4)5)17-28(25)34-27/h6-18H,1-5H3. The van der Waals surface area contributed by atoms with E-state index in [0.717, 1.165) is 11.5 Å². The van der Waals surface area contributed by atoms with Gasteiger partial charge in [0.05, 0.1) is 0 Å². The summed E-state index contributed by atoms with van der Waals surface area (Å²) in [4.78, 5) is 0. The van der Waals surface area contributed by atoms with Crippen molar-refractivity contribution in [2.75, 3.05) is 0 Å². The summed E-state index contributed by atoms with van der Waals surface area (Å²) in [6.07, 6.45) is 0. The summed E-state index contributed by atoms with van der Waals surface area (Å²) in [5.74, 6) is 2.46. The van der Waals surface area contributed by atoms with Crippen LogP contribution in [-0.4, -0.2) is 11.3 Å². The lowest BCUT2D eigenvalue weighted by Crippen LogP contribution is -2.54. The minimum absolute atomic E-state index is 0.0698. The number of ether oxygens (including phenoxy) is 1. The molecule has 0 spiro atoms. The Hall–Kier alpha value is -3.46. The van der Waals surface area contributed by atoms with Crippen LogP contribution >= 0.6 is 0 Å². The lowest BCUT2D eigenvalue weighted by molar-refractivity contribution is 0.483. The van der Waals surface area contributed by atoms with Gasteiger partial charge in [-0.05, 0) is 57.8 Å². The first-order valence-electron chi connectivity index (χ1n) is 12.3. The molecule has 0 saturated carbocycles. The van der Waals surface area contributed by atoms with Crippen molar-refractivity contribution in [1.29, 1.82) is 0 Å². The molecule has 0 atom stereocenters. The number of nitrogens with zero attached hydrogens (tertiary/aromatic N) is 1. The van der Waals surface area contributed by atoms with Crippen molar-refractivity contribution in [3.63, 3.8) is 0 Å². The summed E-state index contributed by atoms with van der Waals surface area (Å²) >= 11 is 0. The SMILES string of the molecule is CC(C)c1ccc2c(c1)c1cccc3c1n2B1c2ccc(C(C)(C)C)cc2Oc2cccc-3c21. The molecule has 166 valence electrons. The highest BCUT2D eigenvalue weighted by atomic mass is 16.5. The van der Waals surface area contributed by atoms with Crippen LogP contribution in [0, 0.1) is 0 Å². The molecular formula is C31H28BNO. The lowest BCUT2D eigenvalue weighted by Gasteiger charge is -2.34. The maximum Gasteiger partial charge on any atom is 0.336 e. The van der Waals surface area contributed by atoms with Crippen LogP contribution in [0.3, 0.4) is 0 Å². The predicted molar refractivity (Wildman–Crippen MR) is 145 cm³/mol. The number of rotatable bonds is 1. The molecule has 2 nitrogen and oxygen atoms in total. The minimum atomic E-state index is 0.0698. The van der Waals surface area contributed by atoms with E-state index in [9.17, 15) is 0 Å². The van der Waals surface area contributed by atoms with Gasteiger partial charge in [-0.3, -0.25) is 0 Å². The first-order valence-corrected chi connectivity index (χ1v) is 12.3. The topological polar surface area (TPSA) is 14.2 Å². The molecule has 0 saturated heterocycles. The molecule has 2 aliphatic heterocycles. The molecule has 0 N–H and O–H groups in total. The molecule has 2 aliphatic rings. The van der Waals surface area contributed by atoms with Crippen LogP contribution < -0.4 is 15.7 Å². The Kier molecular flexibility index (Phi) is 3.86. The lowest BCUT2D eigenvalue weighted by atomic mass is 9.46. The molecular weight excluding hydrogens is 413 g/mol. The maximum atomic E-state index is 6.60. The van der Waals surface area contributed by atoms with E-state index in [-0.39, 0.29) is 12.3 Å². The quantitative estimate of drug-likeness (QED) is 0.251. The summed E-state index contributed by atoms with van der Waals surface area (Å²) in [6, 6.07) is 27.2. The highest BCUT2D eigenvalue weighted by Crippen LogP contribution is 2.43. The van der Waals surface area contributed by atoms with Gasteiger partial charge in [0.2, 0.25) is 0 Å². The zero-order valence-electron chi connectivity index (χ0n) is 20.4. The van der Waals surface area contributed by atoms with E-state index >= 15 is 0 Å². The minimum Gasteiger partial charge on any atom is -0.458 e. The number of fused-ring (bicyclic) bond motifs is 7. The van der Waals surface area contributed by atoms with Crippen molar-refractivity contribution in [3.05, 3.63) is 83.9 Å². The first-order chi connectivity index (χ1) is 16.3. The van der Waals surface area contributed by atoms with Gasteiger partial charge < -0.3 is 9.21 Å². The third kappa shape index (κ3) is 2.53. The summed E-state index contributed by atoms with van der Waals surface area (Å²) in [7, 11) is 0. The third-order valence-electron chi connectivity index (χ3n) is 7.80. The smallest absolute Gasteiger partial charge is 0.336 e. The van der Waals surface area contributed by atoms with Crippen molar-refractivity contribution in [2.24, 2.45) is 0 Å². The average Bonchev–Trinajstić information content (AvgIpc) is 3.15. The number of para-hydroxylation sites is 1. The normalized spacial score (nSPS) is 13.9. The fourth-order valence-electron chi connectivity index (χ4n) is 5.97. The van der Waals surface area contributed by atoms with Gasteiger partial charge in [-0.25, -0.2) is 0 Å². The fraction of sp³-hybridized carbons (Fsp3) is 0.226. The van der Waals surface area contributed by atoms with Gasteiger partial charge >= 0.3 is 6.85 Å². The van der Waals surface area contributed by atoms with Gasteiger partial charge in [0.15, 0.2) is 0 Å². The van der Waals surface area contributed by atoms with Crippen LogP contribution in [0.4, 0.5) is 0 Å². The second-order valence-electron chi connectivity index (χ2n) is 11.2. The van der Waals surface area contributed by atoms with E-state index in [1.54, 1.807) is 0 Å². The summed E-state index contributed by atoms with van der Waals surface area (Å²) in [5, 5.41) is 2.68. The molecule has 34 heavy (non-hydrogen) atoms. The highest BCUT2D eigenvalue weighted by Gasteiger charge is 2.41. The van der Waals surface area contributed by atoms with E-state index in [4.69, 9.17) is 4.74 Å². The fourth-order valence-corrected chi connectivity index (χ4v) is 5.97. The second kappa shape index (κ2) is 6.57. The van der Waals surface area contributed by atoms with E-state index in [0.29, 0.717) is 5.92 Å². The molecule has 3 heterocycles. The third-order valence-corrected chi connectivity index (χ3v) is 7.80. The van der Waals surface area contributed by atoms with Crippen molar-refractivity contribution in [3.8, 4) is 22.6 Å². The highest BCUT2D eigenvalue weighted by molar-refractivity contribution is 6.88. The Morgan fingerprint density at radius 1 is 0.794 bits per heavy atom. The molecule has 0 fully saturated rings. The molecule has 7 rings (SSSR count). The molecule has 0 amide bonds. The van der Waals surface area contributed by atoms with Crippen molar-refractivity contribution in [1.82, 2.24) is 4.48 Å². The van der Waals surface area contributed by atoms with E-state index in [2.05, 4.69) is 112 Å². The second-order valence-corrected chi connectivity index (χ2v) is 11.2. The van der Waals surface area contributed by atoms with Crippen molar-refractivity contribution in [2.45, 2.75) is 46.0 Å². The van der Waals surface area contributed by atoms with Crippen LogP contribution in [0.25, 0.3) is 32.9 Å². The molecule has 0 bridgehead atoms. The molecule has 0 radical (unpaired) electrons. The van der Waals surface area contributed by atoms with Crippen molar-refractivity contribution >= 4 is 39.6 Å². The Bertz CT molecular complexity index is 1650. The molecule has 0 aliphatic carbocycles. The van der Waals surface area contributed by atoms with E-state index in [1.165, 1.54) is 55.0 Å². The predicted octanol–water partition coefficient (Wildman–Crippen LogP) is 6.96. The van der Waals surface area contributed by atoms with Crippen LogP contribution in [0.15, 0.2) is 72.8 Å². The molecule has 3 heteroatoms. The maximum absolute atomic E-state index is 6.60. The number of hydrogen-bond acceptors (Lipinski definition) is 1. The molecule has 5 aromatic rings. The van der Waals surface area contributed by atoms with Gasteiger partial charge in [0.25, 0.3) is 0 Å². The van der Waals surface area contributed by atoms with Gasteiger partial charge in [0.1, 0.15) is 11.5 Å². The van der Waals surface area contributed by atoms with Crippen LogP contribution in [0.1, 0.15) is 51.7 Å². The molecule has 1 aromatic heterocycles. The summed E-state index contributed by atoms with van der Waals surface area (Å²) in [6.45, 7) is 11.4. The van der Waals surface area contributed by atoms with E-state index < -0.39 is 0 Å². The van der Waals surface area contributed by atoms with E-state index in [1.807, 2.05) is 0 Å². The van der Waals surface area contributed by atoms with Gasteiger partial charge in [0, 0.05) is 32.8 Å². The van der Waals surface area contributed by atoms with Crippen LogP contribution in [0.2, 0.25) is 0 Å². The van der Waals surface area contributed by atoms with Crippen molar-refractivity contribution < 1.29 is 4.74 Å². The number of hydrogen-bond donors (Lipinski definition) is 0. The Labute approximate surface area is 201 Å². The van der Waals surface area contributed by atoms with Crippen LogP contribution in [-0.2, 0) is 5.41 Å². The summed E-state index contributed by atoms with van der Waals surface area (Å²) in [5.41, 5.74) is 10.5. The summed E-state index contributed by atoms with van der Waals surface area (Å²) < 4.78 is 9.17. The van der Waals surface area contributed by atoms with Gasteiger partial charge in [-0.15, -0.1) is 0 Å². The monoisotopic (exact) mass is 441 g/mol. The Morgan fingerprint density at radius 2 is 1.59 bits per heavy atom. The molecule has 4 aromatic carbocycles. The molecule has 0 unspecified atom stereocenters. The Morgan fingerprint density at radius 3 is 2.38 bits per heavy atom. The largest absolute Gasteiger partial charge is 0.458 e. The zero-order valence-corrected chi connectivity index (χ0v) is 20.4. The first kappa shape index (κ1) is 20.0. The zero-order chi connectivity index (χ0) is 23.4. The Balaban J connectivity index is 1.62. The van der Waals surface area contributed by atoms with Crippen LogP contribution in [0.5, 0.6) is 11.5 Å². The van der Waals surface area contributed by atoms with Gasteiger partial charge in [-0.2, -0.15) is 0 Å². The van der Waals surface area contributed by atoms with Gasteiger partial charge in [-0.1, -0.05) is 83.1 Å². The number of aromatic nitrogens is 1. The number of benzene rings is 4. The average molecular weight is 441 g/mol.